The number of rotatable bonds is 7. The number of aromatic nitrogens is 2. The third-order valence-electron chi connectivity index (χ3n) is 8.62. The first kappa shape index (κ1) is 29.7. The summed E-state index contributed by atoms with van der Waals surface area (Å²) in [5.74, 6) is -3.60. The number of nitrogens with two attached hydrogens (primary N) is 1. The molecule has 0 saturated heterocycles. The Morgan fingerprint density at radius 3 is 2.45 bits per heavy atom. The van der Waals surface area contributed by atoms with Crippen molar-refractivity contribution in [2.24, 2.45) is 11.7 Å². The molecular formula is C31H33F3N4O4. The lowest BCUT2D eigenvalue weighted by molar-refractivity contribution is -0.0392. The maximum absolute atomic E-state index is 15.1. The quantitative estimate of drug-likeness (QED) is 0.338. The van der Waals surface area contributed by atoms with Crippen molar-refractivity contribution < 1.29 is 32.6 Å². The largest absolute Gasteiger partial charge is 0.453 e. The second kappa shape index (κ2) is 11.8. The number of aliphatic hydroxyl groups is 1. The van der Waals surface area contributed by atoms with Crippen LogP contribution in [0.5, 0.6) is 0 Å². The Morgan fingerprint density at radius 2 is 1.83 bits per heavy atom. The third-order valence-corrected chi connectivity index (χ3v) is 8.62. The molecule has 4 N–H and O–H groups in total. The number of nitrogens with zero attached hydrogens (tertiary/aromatic N) is 2. The molecular weight excluding hydrogens is 549 g/mol. The van der Waals surface area contributed by atoms with Gasteiger partial charge in [-0.1, -0.05) is 6.92 Å². The first-order chi connectivity index (χ1) is 20.0. The number of carbonyl (C=O) groups excluding carboxylic acids is 2. The van der Waals surface area contributed by atoms with Crippen LogP contribution in [-0.4, -0.2) is 46.1 Å². The van der Waals surface area contributed by atoms with Crippen LogP contribution in [0.25, 0.3) is 11.3 Å². The van der Waals surface area contributed by atoms with Gasteiger partial charge >= 0.3 is 6.09 Å². The average molecular weight is 583 g/mol. The minimum absolute atomic E-state index is 0.0135. The smallest absolute Gasteiger partial charge is 0.407 e. The molecule has 2 saturated carbocycles. The van der Waals surface area contributed by atoms with Gasteiger partial charge in [-0.2, -0.15) is 0 Å². The summed E-state index contributed by atoms with van der Waals surface area (Å²) < 4.78 is 49.7. The van der Waals surface area contributed by atoms with Crippen LogP contribution < -0.4 is 11.1 Å². The molecule has 4 atom stereocenters. The molecule has 3 aromatic rings. The molecule has 0 unspecified atom stereocenters. The second-order valence-electron chi connectivity index (χ2n) is 11.4. The Labute approximate surface area is 241 Å². The first-order valence-electron chi connectivity index (χ1n) is 14.0. The number of Topliss-reactive ketones (excluding diaryl/α,β-unsaturated/α-hetero) is 1. The zero-order valence-electron chi connectivity index (χ0n) is 23.4. The SMILES string of the molecule is COC(=O)N[C@@H]1[C@H](N)C[C@H](c2ccncc2CC(=O)c2ccc(F)c(-c3c(F)cc(C4(O)CCC4)cc3F)n2)C[C@@H]1C. The molecule has 1 aromatic carbocycles. The van der Waals surface area contributed by atoms with E-state index in [1.807, 2.05) is 13.0 Å². The number of hydrogen-bond donors (Lipinski definition) is 3. The molecule has 0 aliphatic heterocycles. The molecule has 2 heterocycles. The number of pyridine rings is 2. The van der Waals surface area contributed by atoms with Gasteiger partial charge in [-0.25, -0.2) is 22.9 Å². The summed E-state index contributed by atoms with van der Waals surface area (Å²) in [4.78, 5) is 33.3. The van der Waals surface area contributed by atoms with Gasteiger partial charge in [-0.15, -0.1) is 0 Å². The van der Waals surface area contributed by atoms with E-state index in [-0.39, 0.29) is 41.6 Å². The molecule has 8 nitrogen and oxygen atoms in total. The zero-order valence-corrected chi connectivity index (χ0v) is 23.4. The van der Waals surface area contributed by atoms with Gasteiger partial charge in [0, 0.05) is 30.9 Å². The summed E-state index contributed by atoms with van der Waals surface area (Å²) in [6, 6.07) is 5.34. The van der Waals surface area contributed by atoms with Crippen molar-refractivity contribution in [3.63, 3.8) is 0 Å². The van der Waals surface area contributed by atoms with Crippen LogP contribution in [0.4, 0.5) is 18.0 Å². The number of amides is 1. The fourth-order valence-electron chi connectivity index (χ4n) is 6.18. The molecule has 0 spiro atoms. The van der Waals surface area contributed by atoms with Crippen molar-refractivity contribution >= 4 is 11.9 Å². The average Bonchev–Trinajstić information content (AvgIpc) is 2.94. The van der Waals surface area contributed by atoms with Gasteiger partial charge in [0.25, 0.3) is 0 Å². The van der Waals surface area contributed by atoms with E-state index in [1.165, 1.54) is 13.2 Å². The number of hydrogen-bond acceptors (Lipinski definition) is 7. The number of benzene rings is 1. The van der Waals surface area contributed by atoms with Crippen molar-refractivity contribution in [3.8, 4) is 11.3 Å². The van der Waals surface area contributed by atoms with Crippen LogP contribution >= 0.6 is 0 Å². The minimum atomic E-state index is -1.30. The van der Waals surface area contributed by atoms with Crippen molar-refractivity contribution in [3.05, 3.63) is 82.6 Å². The highest BCUT2D eigenvalue weighted by Gasteiger charge is 2.38. The Bertz CT molecular complexity index is 1480. The zero-order chi connectivity index (χ0) is 30.2. The van der Waals surface area contributed by atoms with E-state index in [1.54, 1.807) is 12.4 Å². The van der Waals surface area contributed by atoms with E-state index in [4.69, 9.17) is 10.5 Å². The Morgan fingerprint density at radius 1 is 1.12 bits per heavy atom. The first-order valence-corrected chi connectivity index (χ1v) is 14.0. The molecule has 0 radical (unpaired) electrons. The molecule has 5 rings (SSSR count). The van der Waals surface area contributed by atoms with Crippen LogP contribution in [0.3, 0.4) is 0 Å². The fraction of sp³-hybridized carbons (Fsp3) is 0.419. The number of alkyl carbamates (subject to hydrolysis) is 1. The van der Waals surface area contributed by atoms with Crippen LogP contribution in [0.15, 0.2) is 42.7 Å². The molecule has 2 aliphatic rings. The number of ketones is 1. The van der Waals surface area contributed by atoms with Crippen molar-refractivity contribution in [2.45, 2.75) is 69.1 Å². The normalized spacial score (nSPS) is 23.1. The summed E-state index contributed by atoms with van der Waals surface area (Å²) >= 11 is 0. The van der Waals surface area contributed by atoms with E-state index in [9.17, 15) is 19.1 Å². The minimum Gasteiger partial charge on any atom is -0.453 e. The predicted molar refractivity (Wildman–Crippen MR) is 148 cm³/mol. The predicted octanol–water partition coefficient (Wildman–Crippen LogP) is 4.92. The molecule has 2 aliphatic carbocycles. The number of carbonyl (C=O) groups is 2. The highest BCUT2D eigenvalue weighted by atomic mass is 19.1. The van der Waals surface area contributed by atoms with Crippen molar-refractivity contribution in [1.82, 2.24) is 15.3 Å². The summed E-state index contributed by atoms with van der Waals surface area (Å²) in [7, 11) is 1.29. The number of methoxy groups -OCH3 is 1. The van der Waals surface area contributed by atoms with Gasteiger partial charge in [0.15, 0.2) is 5.78 Å². The van der Waals surface area contributed by atoms with Gasteiger partial charge in [-0.05, 0) is 91.0 Å². The molecule has 0 bridgehead atoms. The van der Waals surface area contributed by atoms with Crippen LogP contribution in [0, 0.1) is 23.4 Å². The molecule has 42 heavy (non-hydrogen) atoms. The highest BCUT2D eigenvalue weighted by molar-refractivity contribution is 5.96. The number of halogens is 3. The van der Waals surface area contributed by atoms with Crippen molar-refractivity contribution in [1.29, 1.82) is 0 Å². The fourth-order valence-corrected chi connectivity index (χ4v) is 6.18. The Kier molecular flexibility index (Phi) is 8.34. The van der Waals surface area contributed by atoms with Gasteiger partial charge in [0.05, 0.1) is 18.3 Å². The molecule has 1 amide bonds. The molecule has 2 fully saturated rings. The standard InChI is InChI=1S/C31H33F3N4O4/c1-16-10-17(11-24(35)28(16)38-30(40)42-2)20-6-9-36-15-18(20)12-26(39)25-5-4-21(32)29(37-25)27-22(33)13-19(14-23(27)34)31(41)7-3-8-31/h4-6,9,13-17,24,28,41H,3,7-8,10-12,35H2,1-2H3,(H,38,40)/t16-,17+,24+,28-/m0/s1. The Hall–Kier alpha value is -3.83. The summed E-state index contributed by atoms with van der Waals surface area (Å²) in [5.41, 5.74) is 5.25. The van der Waals surface area contributed by atoms with E-state index < -0.39 is 46.2 Å². The second-order valence-corrected chi connectivity index (χ2v) is 11.4. The third kappa shape index (κ3) is 5.76. The van der Waals surface area contributed by atoms with E-state index >= 15 is 8.78 Å². The van der Waals surface area contributed by atoms with Gasteiger partial charge < -0.3 is 20.9 Å². The number of nitrogens with one attached hydrogen (secondary N) is 1. The summed E-state index contributed by atoms with van der Waals surface area (Å²) in [5, 5.41) is 13.3. The monoisotopic (exact) mass is 582 g/mol. The van der Waals surface area contributed by atoms with Gasteiger partial charge in [-0.3, -0.25) is 9.78 Å². The lowest BCUT2D eigenvalue weighted by Crippen LogP contribution is -2.54. The van der Waals surface area contributed by atoms with Crippen LogP contribution in [0.1, 0.15) is 72.1 Å². The lowest BCUT2D eigenvalue weighted by atomic mass is 9.72. The molecule has 222 valence electrons. The highest BCUT2D eigenvalue weighted by Crippen LogP contribution is 2.43. The topological polar surface area (TPSA) is 127 Å². The van der Waals surface area contributed by atoms with Crippen LogP contribution in [0.2, 0.25) is 0 Å². The maximum atomic E-state index is 15.1. The number of ether oxygens (including phenoxy) is 1. The summed E-state index contributed by atoms with van der Waals surface area (Å²) in [6.45, 7) is 1.99. The Balaban J connectivity index is 1.38. The van der Waals surface area contributed by atoms with Crippen LogP contribution in [-0.2, 0) is 16.8 Å². The summed E-state index contributed by atoms with van der Waals surface area (Å²) in [6.07, 6.45) is 5.28. The van der Waals surface area contributed by atoms with Gasteiger partial charge in [0.1, 0.15) is 28.8 Å². The van der Waals surface area contributed by atoms with Gasteiger partial charge in [0.2, 0.25) is 0 Å². The molecule has 2 aromatic heterocycles. The van der Waals surface area contributed by atoms with Crippen molar-refractivity contribution in [2.75, 3.05) is 7.11 Å². The van der Waals surface area contributed by atoms with E-state index in [0.29, 0.717) is 31.2 Å². The van der Waals surface area contributed by atoms with E-state index in [0.717, 1.165) is 30.2 Å². The molecule has 11 heteroatoms. The lowest BCUT2D eigenvalue weighted by Gasteiger charge is -2.39. The van der Waals surface area contributed by atoms with E-state index in [2.05, 4.69) is 15.3 Å². The maximum Gasteiger partial charge on any atom is 0.407 e.